The molecule has 0 aliphatic heterocycles. The second kappa shape index (κ2) is 7.66. The Morgan fingerprint density at radius 3 is 2.76 bits per heavy atom. The first-order valence-electron chi connectivity index (χ1n) is 7.46. The number of halogens is 1. The molecule has 5 heteroatoms. The van der Waals surface area contributed by atoms with Crippen LogP contribution in [0.2, 0.25) is 5.02 Å². The van der Waals surface area contributed by atoms with Gasteiger partial charge in [-0.2, -0.15) is 0 Å². The number of ether oxygens (including phenoxy) is 1. The number of carbonyl (C=O) groups excluding carboxylic acids is 1. The molecule has 1 atom stereocenters. The first kappa shape index (κ1) is 16.1. The molecule has 21 heavy (non-hydrogen) atoms. The lowest BCUT2D eigenvalue weighted by atomic mass is 9.91. The molecule has 0 spiro atoms. The van der Waals surface area contributed by atoms with Gasteiger partial charge in [0.25, 0.3) is 5.91 Å². The van der Waals surface area contributed by atoms with E-state index in [0.717, 1.165) is 19.3 Å². The van der Waals surface area contributed by atoms with Crippen molar-refractivity contribution in [3.63, 3.8) is 0 Å². The van der Waals surface area contributed by atoms with Crippen molar-refractivity contribution in [1.29, 1.82) is 0 Å². The molecule has 4 nitrogen and oxygen atoms in total. The summed E-state index contributed by atoms with van der Waals surface area (Å²) in [6.07, 6.45) is 3.25. The number of carbonyl (C=O) groups is 1. The van der Waals surface area contributed by atoms with Crippen LogP contribution in [0.3, 0.4) is 0 Å². The second-order valence-corrected chi connectivity index (χ2v) is 5.79. The van der Waals surface area contributed by atoms with E-state index >= 15 is 0 Å². The number of para-hydroxylation sites is 1. The van der Waals surface area contributed by atoms with Crippen LogP contribution >= 0.6 is 11.6 Å². The summed E-state index contributed by atoms with van der Waals surface area (Å²) < 4.78 is 5.70. The largest absolute Gasteiger partial charge is 0.479 e. The van der Waals surface area contributed by atoms with Crippen molar-refractivity contribution in [1.82, 2.24) is 4.90 Å². The van der Waals surface area contributed by atoms with Crippen molar-refractivity contribution in [3.05, 3.63) is 29.3 Å². The van der Waals surface area contributed by atoms with Crippen molar-refractivity contribution in [2.45, 2.75) is 44.8 Å². The lowest BCUT2D eigenvalue weighted by Crippen LogP contribution is -2.49. The SMILES string of the molecule is CC(Oc1ccccc1Cl)C(=O)N(CCCO)C1CCC1. The highest BCUT2D eigenvalue weighted by Crippen LogP contribution is 2.28. The van der Waals surface area contributed by atoms with Gasteiger partial charge in [-0.05, 0) is 44.7 Å². The van der Waals surface area contributed by atoms with Gasteiger partial charge in [-0.15, -0.1) is 0 Å². The second-order valence-electron chi connectivity index (χ2n) is 5.38. The van der Waals surface area contributed by atoms with Crippen LogP contribution in [0.4, 0.5) is 0 Å². The van der Waals surface area contributed by atoms with Crippen LogP contribution in [0.5, 0.6) is 5.75 Å². The molecule has 0 radical (unpaired) electrons. The molecule has 2 rings (SSSR count). The van der Waals surface area contributed by atoms with Crippen molar-refractivity contribution in [3.8, 4) is 5.75 Å². The van der Waals surface area contributed by atoms with Crippen LogP contribution in [-0.2, 0) is 4.79 Å². The molecule has 1 aliphatic rings. The molecule has 0 bridgehead atoms. The number of aliphatic hydroxyl groups excluding tert-OH is 1. The minimum Gasteiger partial charge on any atom is -0.479 e. The molecule has 1 saturated carbocycles. The third-order valence-corrected chi connectivity index (χ3v) is 4.16. The molecule has 1 aliphatic carbocycles. The van der Waals surface area contributed by atoms with Gasteiger partial charge in [0, 0.05) is 19.2 Å². The van der Waals surface area contributed by atoms with Crippen molar-refractivity contribution < 1.29 is 14.6 Å². The number of hydrogen-bond acceptors (Lipinski definition) is 3. The Morgan fingerprint density at radius 2 is 2.19 bits per heavy atom. The zero-order chi connectivity index (χ0) is 15.2. The summed E-state index contributed by atoms with van der Waals surface area (Å²) in [7, 11) is 0. The molecule has 1 unspecified atom stereocenters. The van der Waals surface area contributed by atoms with Crippen molar-refractivity contribution >= 4 is 17.5 Å². The number of aliphatic hydroxyl groups is 1. The van der Waals surface area contributed by atoms with Crippen molar-refractivity contribution in [2.75, 3.05) is 13.2 Å². The Balaban J connectivity index is 2.00. The van der Waals surface area contributed by atoms with E-state index in [2.05, 4.69) is 0 Å². The lowest BCUT2D eigenvalue weighted by molar-refractivity contribution is -0.142. The van der Waals surface area contributed by atoms with Crippen LogP contribution in [0.15, 0.2) is 24.3 Å². The Bertz CT molecular complexity index is 476. The predicted octanol–water partition coefficient (Wildman–Crippen LogP) is 2.87. The van der Waals surface area contributed by atoms with Gasteiger partial charge < -0.3 is 14.7 Å². The topological polar surface area (TPSA) is 49.8 Å². The van der Waals surface area contributed by atoms with E-state index in [4.69, 9.17) is 21.4 Å². The van der Waals surface area contributed by atoms with E-state index in [1.54, 1.807) is 19.1 Å². The standard InChI is InChI=1S/C16H22ClNO3/c1-12(21-15-9-3-2-8-14(15)17)16(20)18(10-5-11-19)13-6-4-7-13/h2-3,8-9,12-13,19H,4-7,10-11H2,1H3. The number of amides is 1. The predicted molar refractivity (Wildman–Crippen MR) is 82.6 cm³/mol. The average molecular weight is 312 g/mol. The molecular formula is C16H22ClNO3. The summed E-state index contributed by atoms with van der Waals surface area (Å²) in [6.45, 7) is 2.42. The Labute approximate surface area is 130 Å². The van der Waals surface area contributed by atoms with Crippen LogP contribution in [0, 0.1) is 0 Å². The minimum atomic E-state index is -0.579. The minimum absolute atomic E-state index is 0.0342. The molecule has 1 fully saturated rings. The van der Waals surface area contributed by atoms with Gasteiger partial charge in [-0.1, -0.05) is 23.7 Å². The van der Waals surface area contributed by atoms with Crippen LogP contribution in [-0.4, -0.2) is 41.2 Å². The molecule has 1 aromatic carbocycles. The van der Waals surface area contributed by atoms with Gasteiger partial charge in [0.1, 0.15) is 5.75 Å². The van der Waals surface area contributed by atoms with Crippen LogP contribution < -0.4 is 4.74 Å². The quantitative estimate of drug-likeness (QED) is 0.842. The van der Waals surface area contributed by atoms with Gasteiger partial charge in [0.2, 0.25) is 0 Å². The third-order valence-electron chi connectivity index (χ3n) is 3.84. The normalized spacial score (nSPS) is 16.1. The molecule has 0 heterocycles. The van der Waals surface area contributed by atoms with E-state index in [1.807, 2.05) is 17.0 Å². The zero-order valence-corrected chi connectivity index (χ0v) is 13.1. The monoisotopic (exact) mass is 311 g/mol. The maximum Gasteiger partial charge on any atom is 0.263 e. The number of hydrogen-bond donors (Lipinski definition) is 1. The van der Waals surface area contributed by atoms with Gasteiger partial charge in [0.05, 0.1) is 5.02 Å². The van der Waals surface area contributed by atoms with E-state index < -0.39 is 6.10 Å². The van der Waals surface area contributed by atoms with Gasteiger partial charge in [-0.25, -0.2) is 0 Å². The van der Waals surface area contributed by atoms with E-state index in [9.17, 15) is 4.79 Å². The molecule has 1 amide bonds. The van der Waals surface area contributed by atoms with Gasteiger partial charge in [-0.3, -0.25) is 4.79 Å². The summed E-state index contributed by atoms with van der Waals surface area (Å²) in [5.41, 5.74) is 0. The van der Waals surface area contributed by atoms with Gasteiger partial charge in [0.15, 0.2) is 6.10 Å². The van der Waals surface area contributed by atoms with Crippen LogP contribution in [0.1, 0.15) is 32.6 Å². The first-order chi connectivity index (χ1) is 10.1. The van der Waals surface area contributed by atoms with E-state index in [-0.39, 0.29) is 12.5 Å². The number of benzene rings is 1. The summed E-state index contributed by atoms with van der Waals surface area (Å²) in [6, 6.07) is 7.44. The average Bonchev–Trinajstić information content (AvgIpc) is 2.43. The fourth-order valence-electron chi connectivity index (χ4n) is 2.43. The molecule has 0 aromatic heterocycles. The van der Waals surface area contributed by atoms with Crippen molar-refractivity contribution in [2.24, 2.45) is 0 Å². The fraction of sp³-hybridized carbons (Fsp3) is 0.562. The Hall–Kier alpha value is -1.26. The Kier molecular flexibility index (Phi) is 5.88. The molecule has 0 saturated heterocycles. The summed E-state index contributed by atoms with van der Waals surface area (Å²) in [5.74, 6) is 0.490. The summed E-state index contributed by atoms with van der Waals surface area (Å²) >= 11 is 6.05. The smallest absolute Gasteiger partial charge is 0.263 e. The first-order valence-corrected chi connectivity index (χ1v) is 7.84. The number of rotatable bonds is 7. The highest BCUT2D eigenvalue weighted by atomic mass is 35.5. The molecule has 1 aromatic rings. The highest BCUT2D eigenvalue weighted by molar-refractivity contribution is 6.32. The zero-order valence-electron chi connectivity index (χ0n) is 12.3. The molecule has 1 N–H and O–H groups in total. The number of nitrogens with zero attached hydrogens (tertiary/aromatic N) is 1. The molecular weight excluding hydrogens is 290 g/mol. The highest BCUT2D eigenvalue weighted by Gasteiger charge is 2.31. The summed E-state index contributed by atoms with van der Waals surface area (Å²) in [4.78, 5) is 14.4. The molecule has 116 valence electrons. The fourth-order valence-corrected chi connectivity index (χ4v) is 2.61. The van der Waals surface area contributed by atoms with E-state index in [1.165, 1.54) is 0 Å². The lowest BCUT2D eigenvalue weighted by Gasteiger charge is -2.38. The van der Waals surface area contributed by atoms with Gasteiger partial charge >= 0.3 is 0 Å². The maximum atomic E-state index is 12.6. The third kappa shape index (κ3) is 4.11. The maximum absolute atomic E-state index is 12.6. The van der Waals surface area contributed by atoms with Crippen LogP contribution in [0.25, 0.3) is 0 Å². The van der Waals surface area contributed by atoms with E-state index in [0.29, 0.717) is 29.8 Å². The Morgan fingerprint density at radius 1 is 1.48 bits per heavy atom. The summed E-state index contributed by atoms with van der Waals surface area (Å²) in [5, 5.41) is 9.50.